The number of rotatable bonds is 0. The van der Waals surface area contributed by atoms with Gasteiger partial charge in [0, 0.05) is 74.0 Å². The molecule has 3 atom stereocenters. The number of carbonyl (C=O) groups excluding carboxylic acids is 4. The molecule has 0 aromatic rings. The Morgan fingerprint density at radius 2 is 1.02 bits per heavy atom. The average molecular weight is 722 g/mol. The quantitative estimate of drug-likeness (QED) is 0.332. The van der Waals surface area contributed by atoms with Crippen molar-refractivity contribution in [1.29, 1.82) is 5.26 Å². The van der Waals surface area contributed by atoms with Crippen molar-refractivity contribution in [2.24, 2.45) is 33.5 Å². The Labute approximate surface area is 311 Å². The maximum atomic E-state index is 11.8. The van der Waals surface area contributed by atoms with Crippen molar-refractivity contribution in [3.63, 3.8) is 0 Å². The van der Waals surface area contributed by atoms with E-state index in [0.717, 1.165) is 58.5 Å². The molecule has 0 aliphatic carbocycles. The molecular weight excluding hydrogens is 646 g/mol. The SMILES string of the molecule is C.CC(C)(C)C(=O)N1CCC(C#N)C1.CC(C)(C)C(=O)N1CCCC(O)C1.CC1CN(C(=O)C(C)(C)C)C1.CC1CN(C(=O)C(C)(C)C)CCO1. The van der Waals surface area contributed by atoms with E-state index in [-0.39, 0.29) is 70.8 Å². The summed E-state index contributed by atoms with van der Waals surface area (Å²) < 4.78 is 5.38. The summed E-state index contributed by atoms with van der Waals surface area (Å²) in [5, 5.41) is 18.1. The number of aliphatic hydroxyl groups is 1. The molecule has 4 amide bonds. The van der Waals surface area contributed by atoms with Crippen molar-refractivity contribution < 1.29 is 29.0 Å². The highest BCUT2D eigenvalue weighted by molar-refractivity contribution is 5.83. The summed E-state index contributed by atoms with van der Waals surface area (Å²) in [6.45, 7) is 34.1. The highest BCUT2D eigenvalue weighted by Crippen LogP contribution is 2.25. The Kier molecular flexibility index (Phi) is 18.9. The number of hydrogen-bond acceptors (Lipinski definition) is 7. The van der Waals surface area contributed by atoms with E-state index in [2.05, 4.69) is 13.0 Å². The summed E-state index contributed by atoms with van der Waals surface area (Å²) >= 11 is 0. The van der Waals surface area contributed by atoms with E-state index < -0.39 is 0 Å². The molecular formula is C40H75N5O6. The summed E-state index contributed by atoms with van der Waals surface area (Å²) in [4.78, 5) is 54.3. The van der Waals surface area contributed by atoms with Crippen LogP contribution in [0.4, 0.5) is 0 Å². The molecule has 3 unspecified atom stereocenters. The predicted octanol–water partition coefficient (Wildman–Crippen LogP) is 5.85. The third-order valence-corrected chi connectivity index (χ3v) is 8.79. The fourth-order valence-electron chi connectivity index (χ4n) is 5.95. The first-order valence-electron chi connectivity index (χ1n) is 18.5. The first-order chi connectivity index (χ1) is 22.7. The molecule has 11 heteroatoms. The lowest BCUT2D eigenvalue weighted by Crippen LogP contribution is -2.52. The molecule has 4 heterocycles. The van der Waals surface area contributed by atoms with E-state index in [1.807, 2.05) is 99.8 Å². The van der Waals surface area contributed by atoms with Crippen molar-refractivity contribution in [2.45, 2.75) is 136 Å². The summed E-state index contributed by atoms with van der Waals surface area (Å²) in [6.07, 6.45) is 2.44. The van der Waals surface area contributed by atoms with Crippen LogP contribution in [-0.4, -0.2) is 120 Å². The van der Waals surface area contributed by atoms with Gasteiger partial charge in [0.2, 0.25) is 23.6 Å². The summed E-state index contributed by atoms with van der Waals surface area (Å²) in [5.74, 6) is 1.57. The van der Waals surface area contributed by atoms with Crippen LogP contribution in [0.15, 0.2) is 0 Å². The van der Waals surface area contributed by atoms with Gasteiger partial charge in [0.25, 0.3) is 0 Å². The second kappa shape index (κ2) is 19.9. The molecule has 0 aromatic carbocycles. The van der Waals surface area contributed by atoms with Gasteiger partial charge in [-0.3, -0.25) is 19.2 Å². The Morgan fingerprint density at radius 3 is 1.37 bits per heavy atom. The molecule has 1 N–H and O–H groups in total. The summed E-state index contributed by atoms with van der Waals surface area (Å²) in [6, 6.07) is 2.21. The second-order valence-electron chi connectivity index (χ2n) is 18.7. The maximum Gasteiger partial charge on any atom is 0.228 e. The van der Waals surface area contributed by atoms with Crippen LogP contribution in [0.25, 0.3) is 0 Å². The number of morpholine rings is 1. The largest absolute Gasteiger partial charge is 0.391 e. The van der Waals surface area contributed by atoms with Gasteiger partial charge >= 0.3 is 0 Å². The van der Waals surface area contributed by atoms with Gasteiger partial charge in [0.1, 0.15) is 0 Å². The molecule has 296 valence electrons. The van der Waals surface area contributed by atoms with Gasteiger partial charge in [0.15, 0.2) is 0 Å². The number of hydrogen-bond donors (Lipinski definition) is 1. The number of amides is 4. The van der Waals surface area contributed by atoms with E-state index in [9.17, 15) is 24.3 Å². The van der Waals surface area contributed by atoms with Crippen LogP contribution in [0.3, 0.4) is 0 Å². The van der Waals surface area contributed by atoms with Crippen LogP contribution >= 0.6 is 0 Å². The van der Waals surface area contributed by atoms with Crippen LogP contribution in [0, 0.1) is 44.8 Å². The third kappa shape index (κ3) is 16.7. The minimum absolute atomic E-state index is 0. The number of nitrogens with zero attached hydrogens (tertiary/aromatic N) is 5. The predicted molar refractivity (Wildman–Crippen MR) is 204 cm³/mol. The van der Waals surface area contributed by atoms with Crippen molar-refractivity contribution >= 4 is 23.6 Å². The maximum absolute atomic E-state index is 11.8. The summed E-state index contributed by atoms with van der Waals surface area (Å²) in [7, 11) is 0. The number of piperidine rings is 1. The number of nitriles is 1. The van der Waals surface area contributed by atoms with Gasteiger partial charge in [-0.05, 0) is 32.1 Å². The van der Waals surface area contributed by atoms with E-state index in [1.54, 1.807) is 9.80 Å². The molecule has 4 fully saturated rings. The lowest BCUT2D eigenvalue weighted by atomic mass is 9.91. The zero-order chi connectivity index (χ0) is 38.8. The molecule has 51 heavy (non-hydrogen) atoms. The number of aliphatic hydroxyl groups excluding tert-OH is 1. The van der Waals surface area contributed by atoms with Crippen LogP contribution in [-0.2, 0) is 23.9 Å². The first-order valence-corrected chi connectivity index (χ1v) is 18.5. The summed E-state index contributed by atoms with van der Waals surface area (Å²) in [5.41, 5.74) is -1.10. The lowest BCUT2D eigenvalue weighted by molar-refractivity contribution is -0.146. The molecule has 11 nitrogen and oxygen atoms in total. The second-order valence-corrected chi connectivity index (χ2v) is 18.7. The van der Waals surface area contributed by atoms with Crippen molar-refractivity contribution in [3.8, 4) is 6.07 Å². The zero-order valence-electron chi connectivity index (χ0n) is 34.0. The third-order valence-electron chi connectivity index (χ3n) is 8.79. The smallest absolute Gasteiger partial charge is 0.228 e. The Balaban J connectivity index is 0.000000651. The zero-order valence-corrected chi connectivity index (χ0v) is 34.0. The average Bonchev–Trinajstić information content (AvgIpc) is 3.46. The topological polar surface area (TPSA) is 134 Å². The normalized spacial score (nSPS) is 22.7. The number of ether oxygens (including phenoxy) is 1. The fourth-order valence-corrected chi connectivity index (χ4v) is 5.95. The van der Waals surface area contributed by atoms with Crippen LogP contribution in [0.1, 0.15) is 124 Å². The Hall–Kier alpha value is -2.71. The Morgan fingerprint density at radius 1 is 0.608 bits per heavy atom. The van der Waals surface area contributed by atoms with Gasteiger partial charge < -0.3 is 29.4 Å². The van der Waals surface area contributed by atoms with Gasteiger partial charge in [-0.25, -0.2) is 0 Å². The molecule has 4 aliphatic rings. The monoisotopic (exact) mass is 722 g/mol. The van der Waals surface area contributed by atoms with Gasteiger partial charge in [-0.15, -0.1) is 0 Å². The molecule has 0 radical (unpaired) electrons. The van der Waals surface area contributed by atoms with Crippen molar-refractivity contribution in [2.75, 3.05) is 59.0 Å². The van der Waals surface area contributed by atoms with Gasteiger partial charge in [-0.2, -0.15) is 5.26 Å². The molecule has 0 bridgehead atoms. The molecule has 4 saturated heterocycles. The minimum atomic E-state index is -0.322. The van der Waals surface area contributed by atoms with E-state index in [1.165, 1.54) is 0 Å². The molecule has 0 aromatic heterocycles. The highest BCUT2D eigenvalue weighted by Gasteiger charge is 2.35. The van der Waals surface area contributed by atoms with E-state index in [0.29, 0.717) is 25.6 Å². The number of β-amino-alcohol motifs (C(OH)–C–C–N with tert-alkyl or cyclic N) is 1. The lowest BCUT2D eigenvalue weighted by Gasteiger charge is -2.40. The van der Waals surface area contributed by atoms with E-state index in [4.69, 9.17) is 10.00 Å². The number of likely N-dealkylation sites (tertiary alicyclic amines) is 3. The van der Waals surface area contributed by atoms with Crippen LogP contribution in [0.2, 0.25) is 0 Å². The van der Waals surface area contributed by atoms with Crippen LogP contribution < -0.4 is 0 Å². The van der Waals surface area contributed by atoms with Crippen molar-refractivity contribution in [1.82, 2.24) is 19.6 Å². The standard InChI is InChI=1S/C10H16N2O.2C10H19NO2.C9H17NO.CH4/c1-10(2,3)9(13)12-5-4-8(6-11)7-12;1-8-7-11(5-6-13-8)9(12)10(2,3)4;1-10(2,3)9(13)11-6-4-5-8(12)7-11;1-7-5-10(6-7)8(11)9(2,3)4;/h8H,4-5,7H2,1-3H3;8H,5-7H2,1-4H3;8,12H,4-7H2,1-3H3;7H,5-6H2,1-4H3;1H4. The van der Waals surface area contributed by atoms with Gasteiger partial charge in [-0.1, -0.05) is 97.4 Å². The molecule has 0 spiro atoms. The number of carbonyl (C=O) groups is 4. The van der Waals surface area contributed by atoms with E-state index >= 15 is 0 Å². The molecule has 0 saturated carbocycles. The van der Waals surface area contributed by atoms with Gasteiger partial charge in [0.05, 0.1) is 30.8 Å². The van der Waals surface area contributed by atoms with Crippen LogP contribution in [0.5, 0.6) is 0 Å². The highest BCUT2D eigenvalue weighted by atomic mass is 16.5. The molecule has 4 aliphatic heterocycles. The van der Waals surface area contributed by atoms with Crippen molar-refractivity contribution in [3.05, 3.63) is 0 Å². The minimum Gasteiger partial charge on any atom is -0.391 e. The molecule has 4 rings (SSSR count). The first kappa shape index (κ1) is 48.3. The fraction of sp³-hybridized carbons (Fsp3) is 0.875. The Bertz CT molecular complexity index is 1120.